The van der Waals surface area contributed by atoms with E-state index in [0.717, 1.165) is 29.7 Å². The maximum absolute atomic E-state index is 12.9. The van der Waals surface area contributed by atoms with Crippen molar-refractivity contribution in [2.45, 2.75) is 38.7 Å². The number of ketones is 1. The molecule has 0 fully saturated rings. The fraction of sp³-hybridized carbons (Fsp3) is 0.308. The summed E-state index contributed by atoms with van der Waals surface area (Å²) >= 11 is 6.06. The third kappa shape index (κ3) is 4.62. The number of benzene rings is 2. The molecule has 2 aromatic carbocycles. The smallest absolute Gasteiger partial charge is 0.336 e. The third-order valence-corrected chi connectivity index (χ3v) is 6.22. The number of rotatable bonds is 6. The summed E-state index contributed by atoms with van der Waals surface area (Å²) in [6.07, 6.45) is 2.02. The Morgan fingerprint density at radius 3 is 2.67 bits per heavy atom. The highest BCUT2D eigenvalue weighted by Gasteiger charge is 2.39. The molecule has 0 aromatic heterocycles. The van der Waals surface area contributed by atoms with Crippen LogP contribution in [0, 0.1) is 0 Å². The van der Waals surface area contributed by atoms with Crippen molar-refractivity contribution in [1.29, 1.82) is 0 Å². The van der Waals surface area contributed by atoms with E-state index in [1.165, 1.54) is 7.11 Å². The van der Waals surface area contributed by atoms with Gasteiger partial charge < -0.3 is 19.5 Å². The zero-order chi connectivity index (χ0) is 23.5. The van der Waals surface area contributed by atoms with Gasteiger partial charge in [-0.2, -0.15) is 0 Å². The Hall–Kier alpha value is -3.25. The summed E-state index contributed by atoms with van der Waals surface area (Å²) in [5.41, 5.74) is 4.33. The van der Waals surface area contributed by atoms with Crippen molar-refractivity contribution >= 4 is 23.4 Å². The lowest BCUT2D eigenvalue weighted by Gasteiger charge is -2.34. The minimum absolute atomic E-state index is 0.0444. The van der Waals surface area contributed by atoms with Crippen LogP contribution in [-0.2, 0) is 20.9 Å². The van der Waals surface area contributed by atoms with Crippen molar-refractivity contribution in [2.24, 2.45) is 0 Å². The Balaban J connectivity index is 1.72. The average molecular weight is 468 g/mol. The SMILES string of the molecule is COC(=O)C1=C(C)NC2=C(C(=O)CCC2)[C@@H]1c1ccc(OCc2cccc(Cl)c2)c(OC)c1. The molecule has 0 amide bonds. The molecule has 0 spiro atoms. The molecule has 0 saturated carbocycles. The summed E-state index contributed by atoms with van der Waals surface area (Å²) in [4.78, 5) is 25.7. The molecular formula is C26H26ClNO5. The number of nitrogens with one attached hydrogen (secondary N) is 1. The topological polar surface area (TPSA) is 73.9 Å². The largest absolute Gasteiger partial charge is 0.493 e. The molecule has 0 saturated heterocycles. The second kappa shape index (κ2) is 9.71. The second-order valence-corrected chi connectivity index (χ2v) is 8.52. The van der Waals surface area contributed by atoms with E-state index < -0.39 is 11.9 Å². The first-order valence-electron chi connectivity index (χ1n) is 10.8. The summed E-state index contributed by atoms with van der Waals surface area (Å²) in [7, 11) is 2.91. The van der Waals surface area contributed by atoms with E-state index in [1.54, 1.807) is 13.2 Å². The quantitative estimate of drug-likeness (QED) is 0.598. The first-order chi connectivity index (χ1) is 15.9. The molecule has 172 valence electrons. The van der Waals surface area contributed by atoms with Gasteiger partial charge in [0.25, 0.3) is 0 Å². The van der Waals surface area contributed by atoms with Crippen molar-refractivity contribution in [3.05, 3.63) is 81.2 Å². The van der Waals surface area contributed by atoms with Crippen LogP contribution in [0.4, 0.5) is 0 Å². The van der Waals surface area contributed by atoms with Gasteiger partial charge in [-0.1, -0.05) is 29.8 Å². The Bertz CT molecular complexity index is 1170. The van der Waals surface area contributed by atoms with Crippen LogP contribution in [0.1, 0.15) is 43.2 Å². The minimum Gasteiger partial charge on any atom is -0.493 e. The van der Waals surface area contributed by atoms with Crippen LogP contribution in [0.3, 0.4) is 0 Å². The molecule has 0 radical (unpaired) electrons. The molecule has 2 aliphatic rings. The number of allylic oxidation sites excluding steroid dienone is 3. The molecule has 1 aliphatic heterocycles. The van der Waals surface area contributed by atoms with E-state index in [1.807, 2.05) is 43.3 Å². The van der Waals surface area contributed by atoms with Crippen molar-refractivity contribution in [3.8, 4) is 11.5 Å². The van der Waals surface area contributed by atoms with Crippen molar-refractivity contribution in [3.63, 3.8) is 0 Å². The molecule has 1 aliphatic carbocycles. The second-order valence-electron chi connectivity index (χ2n) is 8.09. The predicted molar refractivity (Wildman–Crippen MR) is 125 cm³/mol. The molecule has 1 N–H and O–H groups in total. The molecule has 0 bridgehead atoms. The number of carbonyl (C=O) groups excluding carboxylic acids is 2. The average Bonchev–Trinajstić information content (AvgIpc) is 2.81. The summed E-state index contributed by atoms with van der Waals surface area (Å²) < 4.78 is 16.6. The lowest BCUT2D eigenvalue weighted by Crippen LogP contribution is -2.34. The molecular weight excluding hydrogens is 442 g/mol. The predicted octanol–water partition coefficient (Wildman–Crippen LogP) is 5.07. The van der Waals surface area contributed by atoms with E-state index in [-0.39, 0.29) is 5.78 Å². The van der Waals surface area contributed by atoms with Gasteiger partial charge in [-0.05, 0) is 55.2 Å². The first kappa shape index (κ1) is 22.9. The van der Waals surface area contributed by atoms with Gasteiger partial charge in [0.1, 0.15) is 6.61 Å². The number of methoxy groups -OCH3 is 2. The van der Waals surface area contributed by atoms with Crippen LogP contribution in [0.5, 0.6) is 11.5 Å². The number of hydrogen-bond acceptors (Lipinski definition) is 6. The van der Waals surface area contributed by atoms with E-state index in [2.05, 4.69) is 5.32 Å². The summed E-state index contributed by atoms with van der Waals surface area (Å²) in [6.45, 7) is 2.16. The van der Waals surface area contributed by atoms with Crippen LogP contribution in [0.15, 0.2) is 65.0 Å². The van der Waals surface area contributed by atoms with Gasteiger partial charge in [-0.15, -0.1) is 0 Å². The Labute approximate surface area is 198 Å². The van der Waals surface area contributed by atoms with Gasteiger partial charge in [-0.25, -0.2) is 4.79 Å². The molecule has 33 heavy (non-hydrogen) atoms. The fourth-order valence-electron chi connectivity index (χ4n) is 4.47. The maximum atomic E-state index is 12.9. The van der Waals surface area contributed by atoms with E-state index in [9.17, 15) is 9.59 Å². The van der Waals surface area contributed by atoms with E-state index in [0.29, 0.717) is 46.4 Å². The maximum Gasteiger partial charge on any atom is 0.336 e. The van der Waals surface area contributed by atoms with Gasteiger partial charge in [0.05, 0.1) is 19.8 Å². The van der Waals surface area contributed by atoms with Crippen LogP contribution in [0.25, 0.3) is 0 Å². The summed E-state index contributed by atoms with van der Waals surface area (Å²) in [6, 6.07) is 13.0. The standard InChI is InChI=1S/C26H26ClNO5/c1-15-23(26(30)32-3)24(25-19(28-15)8-5-9-20(25)29)17-10-11-21(22(13-17)31-2)33-14-16-6-4-7-18(27)12-16/h4,6-7,10-13,24,28H,5,8-9,14H2,1-3H3/t24-/m1/s1. The number of hydrogen-bond donors (Lipinski definition) is 1. The third-order valence-electron chi connectivity index (χ3n) is 5.99. The highest BCUT2D eigenvalue weighted by molar-refractivity contribution is 6.30. The molecule has 0 unspecified atom stereocenters. The number of ether oxygens (including phenoxy) is 3. The number of Topliss-reactive ketones (excluding diaryl/α,β-unsaturated/α-hetero) is 1. The molecule has 1 heterocycles. The zero-order valence-electron chi connectivity index (χ0n) is 18.9. The highest BCUT2D eigenvalue weighted by Crippen LogP contribution is 2.44. The monoisotopic (exact) mass is 467 g/mol. The fourth-order valence-corrected chi connectivity index (χ4v) is 4.68. The number of dihydropyridines is 1. The van der Waals surface area contributed by atoms with Gasteiger partial charge >= 0.3 is 5.97 Å². The zero-order valence-corrected chi connectivity index (χ0v) is 19.6. The van der Waals surface area contributed by atoms with Gasteiger partial charge in [0, 0.05) is 34.3 Å². The number of halogens is 1. The minimum atomic E-state index is -0.530. The molecule has 4 rings (SSSR count). The van der Waals surface area contributed by atoms with Crippen LogP contribution >= 0.6 is 11.6 Å². The summed E-state index contributed by atoms with van der Waals surface area (Å²) in [5, 5.41) is 3.91. The van der Waals surface area contributed by atoms with Crippen LogP contribution in [0.2, 0.25) is 5.02 Å². The van der Waals surface area contributed by atoms with E-state index in [4.69, 9.17) is 25.8 Å². The lowest BCUT2D eigenvalue weighted by atomic mass is 9.75. The van der Waals surface area contributed by atoms with Crippen molar-refractivity contribution in [1.82, 2.24) is 5.32 Å². The van der Waals surface area contributed by atoms with Crippen LogP contribution in [-0.4, -0.2) is 26.0 Å². The Kier molecular flexibility index (Phi) is 6.75. The Morgan fingerprint density at radius 1 is 1.12 bits per heavy atom. The molecule has 1 atom stereocenters. The first-order valence-corrected chi connectivity index (χ1v) is 11.2. The van der Waals surface area contributed by atoms with Crippen LogP contribution < -0.4 is 14.8 Å². The van der Waals surface area contributed by atoms with Crippen molar-refractivity contribution in [2.75, 3.05) is 14.2 Å². The molecule has 7 heteroatoms. The van der Waals surface area contributed by atoms with Crippen molar-refractivity contribution < 1.29 is 23.8 Å². The summed E-state index contributed by atoms with van der Waals surface area (Å²) in [5.74, 6) is 0.121. The lowest BCUT2D eigenvalue weighted by molar-refractivity contribution is -0.136. The van der Waals surface area contributed by atoms with Gasteiger partial charge in [0.2, 0.25) is 0 Å². The molecule has 6 nitrogen and oxygen atoms in total. The molecule has 2 aromatic rings. The normalized spacial score (nSPS) is 17.9. The number of carbonyl (C=O) groups is 2. The Morgan fingerprint density at radius 2 is 1.94 bits per heavy atom. The van der Waals surface area contributed by atoms with Gasteiger partial charge in [0.15, 0.2) is 17.3 Å². The van der Waals surface area contributed by atoms with E-state index >= 15 is 0 Å². The highest BCUT2D eigenvalue weighted by atomic mass is 35.5. The van der Waals surface area contributed by atoms with Gasteiger partial charge in [-0.3, -0.25) is 4.79 Å². The number of esters is 1.